The molecule has 1 fully saturated rings. The molecule has 0 unspecified atom stereocenters. The van der Waals surface area contributed by atoms with Crippen LogP contribution >= 0.6 is 11.8 Å². The van der Waals surface area contributed by atoms with Gasteiger partial charge in [-0.2, -0.15) is 0 Å². The van der Waals surface area contributed by atoms with Gasteiger partial charge >= 0.3 is 0 Å². The summed E-state index contributed by atoms with van der Waals surface area (Å²) in [5.41, 5.74) is 1.79. The zero-order valence-corrected chi connectivity index (χ0v) is 13.7. The summed E-state index contributed by atoms with van der Waals surface area (Å²) in [6.45, 7) is 0. The topological polar surface area (TPSA) is 41.9 Å². The Morgan fingerprint density at radius 1 is 1.09 bits per heavy atom. The summed E-state index contributed by atoms with van der Waals surface area (Å²) in [4.78, 5) is 19.1. The first-order valence-electron chi connectivity index (χ1n) is 7.13. The number of likely N-dealkylation sites (N-methyl/N-ethyl adjacent to an activating group) is 1. The van der Waals surface area contributed by atoms with E-state index in [2.05, 4.69) is 4.99 Å². The van der Waals surface area contributed by atoms with Crippen molar-refractivity contribution in [3.8, 4) is 5.75 Å². The van der Waals surface area contributed by atoms with Crippen LogP contribution in [0.25, 0.3) is 6.08 Å². The van der Waals surface area contributed by atoms with Crippen molar-refractivity contribution in [2.45, 2.75) is 0 Å². The summed E-state index contributed by atoms with van der Waals surface area (Å²) >= 11 is 1.38. The number of rotatable bonds is 3. The number of carbonyl (C=O) groups excluding carboxylic acids is 1. The number of hydrogen-bond acceptors (Lipinski definition) is 4. The third-order valence-corrected chi connectivity index (χ3v) is 4.46. The summed E-state index contributed by atoms with van der Waals surface area (Å²) in [6, 6.07) is 17.2. The Labute approximate surface area is 139 Å². The smallest absolute Gasteiger partial charge is 0.266 e. The molecule has 2 aromatic rings. The normalized spacial score (nSPS) is 18.0. The third kappa shape index (κ3) is 3.46. The van der Waals surface area contributed by atoms with Gasteiger partial charge in [0.1, 0.15) is 5.75 Å². The van der Waals surface area contributed by atoms with E-state index in [1.807, 2.05) is 60.7 Å². The fourth-order valence-corrected chi connectivity index (χ4v) is 3.10. The van der Waals surface area contributed by atoms with Crippen molar-refractivity contribution in [3.05, 3.63) is 65.1 Å². The first kappa shape index (κ1) is 15.4. The van der Waals surface area contributed by atoms with Crippen molar-refractivity contribution in [2.75, 3.05) is 14.2 Å². The molecule has 116 valence electrons. The van der Waals surface area contributed by atoms with E-state index in [1.165, 1.54) is 11.8 Å². The van der Waals surface area contributed by atoms with Gasteiger partial charge in [0.2, 0.25) is 0 Å². The molecule has 1 saturated heterocycles. The van der Waals surface area contributed by atoms with Crippen molar-refractivity contribution >= 4 is 34.6 Å². The number of methoxy groups -OCH3 is 1. The maximum absolute atomic E-state index is 12.4. The second-order valence-electron chi connectivity index (χ2n) is 4.98. The highest BCUT2D eigenvalue weighted by Gasteiger charge is 2.30. The second kappa shape index (κ2) is 6.71. The van der Waals surface area contributed by atoms with Crippen molar-refractivity contribution in [1.29, 1.82) is 0 Å². The van der Waals surface area contributed by atoms with E-state index in [1.54, 1.807) is 19.1 Å². The zero-order valence-electron chi connectivity index (χ0n) is 12.9. The van der Waals surface area contributed by atoms with E-state index in [-0.39, 0.29) is 5.91 Å². The van der Waals surface area contributed by atoms with E-state index >= 15 is 0 Å². The molecule has 0 spiro atoms. The second-order valence-corrected chi connectivity index (χ2v) is 5.99. The molecule has 1 aliphatic heterocycles. The standard InChI is InChI=1S/C18H16N2O2S/c1-20-17(21)16(12-13-8-10-15(22-2)11-9-13)23-18(20)19-14-6-4-3-5-7-14/h3-12H,1-2H3/b16-12+,19-18?. The molecule has 0 aromatic heterocycles. The lowest BCUT2D eigenvalue weighted by atomic mass is 10.2. The van der Waals surface area contributed by atoms with E-state index in [9.17, 15) is 4.79 Å². The van der Waals surface area contributed by atoms with E-state index in [0.29, 0.717) is 10.1 Å². The summed E-state index contributed by atoms with van der Waals surface area (Å²) in [6.07, 6.45) is 1.87. The molecule has 3 rings (SSSR count). The van der Waals surface area contributed by atoms with Crippen LogP contribution in [0.2, 0.25) is 0 Å². The first-order chi connectivity index (χ1) is 11.2. The molecular formula is C18H16N2O2S. The van der Waals surface area contributed by atoms with Crippen molar-refractivity contribution in [1.82, 2.24) is 4.90 Å². The van der Waals surface area contributed by atoms with Crippen molar-refractivity contribution in [2.24, 2.45) is 4.99 Å². The Bertz CT molecular complexity index is 767. The number of thioether (sulfide) groups is 1. The van der Waals surface area contributed by atoms with Gasteiger partial charge in [-0.1, -0.05) is 30.3 Å². The number of hydrogen-bond donors (Lipinski definition) is 0. The predicted octanol–water partition coefficient (Wildman–Crippen LogP) is 3.93. The summed E-state index contributed by atoms with van der Waals surface area (Å²) < 4.78 is 5.14. The highest BCUT2D eigenvalue weighted by atomic mass is 32.2. The van der Waals surface area contributed by atoms with E-state index in [4.69, 9.17) is 4.74 Å². The lowest BCUT2D eigenvalue weighted by Gasteiger charge is -2.06. The van der Waals surface area contributed by atoms with E-state index < -0.39 is 0 Å². The number of ether oxygens (including phenoxy) is 1. The van der Waals surface area contributed by atoms with Gasteiger partial charge in [0.25, 0.3) is 5.91 Å². The highest BCUT2D eigenvalue weighted by Crippen LogP contribution is 2.33. The average Bonchev–Trinajstić information content (AvgIpc) is 2.84. The van der Waals surface area contributed by atoms with Gasteiger partial charge in [0.15, 0.2) is 5.17 Å². The van der Waals surface area contributed by atoms with Gasteiger partial charge in [-0.05, 0) is 47.7 Å². The van der Waals surface area contributed by atoms with Gasteiger partial charge < -0.3 is 4.74 Å². The van der Waals surface area contributed by atoms with Gasteiger partial charge in [-0.25, -0.2) is 4.99 Å². The van der Waals surface area contributed by atoms with Gasteiger partial charge in [0, 0.05) is 7.05 Å². The largest absolute Gasteiger partial charge is 0.497 e. The Kier molecular flexibility index (Phi) is 4.48. The molecule has 0 N–H and O–H groups in total. The number of carbonyl (C=O) groups is 1. The summed E-state index contributed by atoms with van der Waals surface area (Å²) in [5.74, 6) is 0.751. The molecular weight excluding hydrogens is 308 g/mol. The van der Waals surface area contributed by atoms with Crippen LogP contribution in [0.15, 0.2) is 64.5 Å². The minimum absolute atomic E-state index is 0.0412. The Hall–Kier alpha value is -2.53. The summed E-state index contributed by atoms with van der Waals surface area (Å²) in [7, 11) is 3.37. The number of amidine groups is 1. The monoisotopic (exact) mass is 324 g/mol. The van der Waals surface area contributed by atoms with Crippen LogP contribution < -0.4 is 4.74 Å². The highest BCUT2D eigenvalue weighted by molar-refractivity contribution is 8.18. The third-order valence-electron chi connectivity index (χ3n) is 3.40. The van der Waals surface area contributed by atoms with Gasteiger partial charge in [-0.3, -0.25) is 9.69 Å². The molecule has 1 amide bonds. The minimum atomic E-state index is -0.0412. The SMILES string of the molecule is COc1ccc(/C=C2/SC(=Nc3ccccc3)N(C)C2=O)cc1. The molecule has 1 heterocycles. The Balaban J connectivity index is 1.85. The molecule has 4 nitrogen and oxygen atoms in total. The van der Waals surface area contributed by atoms with Crippen LogP contribution in [0.1, 0.15) is 5.56 Å². The van der Waals surface area contributed by atoms with Crippen LogP contribution in [-0.2, 0) is 4.79 Å². The van der Waals surface area contributed by atoms with Crippen LogP contribution in [-0.4, -0.2) is 30.1 Å². The maximum atomic E-state index is 12.4. The molecule has 23 heavy (non-hydrogen) atoms. The predicted molar refractivity (Wildman–Crippen MR) is 94.9 cm³/mol. The first-order valence-corrected chi connectivity index (χ1v) is 7.94. The Morgan fingerprint density at radius 3 is 2.43 bits per heavy atom. The van der Waals surface area contributed by atoms with Crippen LogP contribution in [0.3, 0.4) is 0 Å². The zero-order chi connectivity index (χ0) is 16.2. The fourth-order valence-electron chi connectivity index (χ4n) is 2.12. The minimum Gasteiger partial charge on any atom is -0.497 e. The van der Waals surface area contributed by atoms with Crippen LogP contribution in [0.5, 0.6) is 5.75 Å². The number of aliphatic imine (C=N–C) groups is 1. The molecule has 0 radical (unpaired) electrons. The number of para-hydroxylation sites is 1. The quantitative estimate of drug-likeness (QED) is 0.803. The molecule has 2 aromatic carbocycles. The lowest BCUT2D eigenvalue weighted by molar-refractivity contribution is -0.121. The van der Waals surface area contributed by atoms with Crippen LogP contribution in [0.4, 0.5) is 5.69 Å². The molecule has 0 bridgehead atoms. The maximum Gasteiger partial charge on any atom is 0.266 e. The molecule has 0 saturated carbocycles. The summed E-state index contributed by atoms with van der Waals surface area (Å²) in [5, 5.41) is 0.681. The number of amides is 1. The molecule has 1 aliphatic rings. The van der Waals surface area contributed by atoms with Gasteiger partial charge in [-0.15, -0.1) is 0 Å². The number of benzene rings is 2. The Morgan fingerprint density at radius 2 is 1.78 bits per heavy atom. The molecule has 0 atom stereocenters. The average molecular weight is 324 g/mol. The van der Waals surface area contributed by atoms with Crippen LogP contribution in [0, 0.1) is 0 Å². The lowest BCUT2D eigenvalue weighted by Crippen LogP contribution is -2.23. The molecule has 5 heteroatoms. The van der Waals surface area contributed by atoms with Gasteiger partial charge in [0.05, 0.1) is 17.7 Å². The molecule has 0 aliphatic carbocycles. The fraction of sp³-hybridized carbons (Fsp3) is 0.111. The van der Waals surface area contributed by atoms with Crippen molar-refractivity contribution in [3.63, 3.8) is 0 Å². The van der Waals surface area contributed by atoms with E-state index in [0.717, 1.165) is 17.0 Å². The number of nitrogens with zero attached hydrogens (tertiary/aromatic N) is 2. The van der Waals surface area contributed by atoms with Crippen molar-refractivity contribution < 1.29 is 9.53 Å².